The Bertz CT molecular complexity index is 3610. The van der Waals surface area contributed by atoms with Gasteiger partial charge in [-0.1, -0.05) is 47.1 Å². The van der Waals surface area contributed by atoms with Crippen LogP contribution in [-0.4, -0.2) is 77.2 Å². The number of fused-ring (bicyclic) bond motifs is 3. The molecule has 0 aliphatic carbocycles. The Labute approximate surface area is 414 Å². The number of aromatic amines is 3. The van der Waals surface area contributed by atoms with Crippen LogP contribution < -0.4 is 49.4 Å². The third-order valence-corrected chi connectivity index (χ3v) is 17.0. The second-order valence-corrected chi connectivity index (χ2v) is 24.0. The number of ketones is 1. The second kappa shape index (κ2) is 19.7. The maximum Gasteiger partial charge on any atom is 0.288 e. The predicted octanol–water partition coefficient (Wildman–Crippen LogP) is 3.54. The topological polar surface area (TPSA) is 423 Å². The molecule has 24 nitrogen and oxygen atoms in total. The minimum atomic E-state index is -1.35. The van der Waals surface area contributed by atoms with Crippen molar-refractivity contribution >= 4 is 150 Å². The molecule has 0 aromatic carbocycles. The van der Waals surface area contributed by atoms with Crippen LogP contribution in [0, 0.1) is 6.28 Å². The summed E-state index contributed by atoms with van der Waals surface area (Å²) in [6.07, 6.45) is 1.53. The van der Waals surface area contributed by atoms with Crippen molar-refractivity contribution < 1.29 is 24.9 Å². The van der Waals surface area contributed by atoms with E-state index in [0.29, 0.717) is 42.0 Å². The van der Waals surface area contributed by atoms with Gasteiger partial charge in [0, 0.05) is 0 Å². The Balaban J connectivity index is 0.000000156. The van der Waals surface area contributed by atoms with Crippen molar-refractivity contribution in [1.29, 1.82) is 0 Å². The number of carbonyl (C=O) groups is 1. The van der Waals surface area contributed by atoms with E-state index in [-0.39, 0.29) is 61.5 Å². The van der Waals surface area contributed by atoms with Crippen LogP contribution >= 0.6 is 92.5 Å². The highest BCUT2D eigenvalue weighted by atomic mass is 32.2. The maximum absolute atomic E-state index is 11.9. The molecule has 0 radical (unpaired) electrons. The molecule has 32 heteroatoms. The van der Waals surface area contributed by atoms with Crippen LogP contribution in [0.2, 0.25) is 0 Å². The molecule has 0 bridgehead atoms. The normalized spacial score (nSPS) is 14.2. The minimum absolute atomic E-state index is 0.0112. The van der Waals surface area contributed by atoms with E-state index in [4.69, 9.17) is 57.8 Å². The number of hydrogen-bond donors (Lipinski definition) is 11. The zero-order valence-corrected chi connectivity index (χ0v) is 42.3. The summed E-state index contributed by atoms with van der Waals surface area (Å²) in [5, 5.41) is 29.8. The SMILES string of the molecule is CC(C)(O)c1sc(=O)sc1-c1cnc2c(=O)[nH]c(N)nc2n1.CC(C)(O)c1sc(=S)sc1-c1cnc2nc(N)[nH]c(=O)c2n1.CC1(C)OC(O)C(=O)c2sc(=S)sc21.Nc1nc(N)c(N)c(=O)[nH]1. The van der Waals surface area contributed by atoms with Crippen molar-refractivity contribution in [3.8, 4) is 21.1 Å². The van der Waals surface area contributed by atoms with Crippen LogP contribution in [0.4, 0.5) is 29.4 Å². The summed E-state index contributed by atoms with van der Waals surface area (Å²) in [5.74, 6) is -0.525. The van der Waals surface area contributed by atoms with Gasteiger partial charge in [0.2, 0.25) is 29.9 Å². The van der Waals surface area contributed by atoms with Crippen LogP contribution in [0.1, 0.15) is 65.8 Å². The lowest BCUT2D eigenvalue weighted by atomic mass is 10.0. The summed E-state index contributed by atoms with van der Waals surface area (Å²) in [7, 11) is 0. The first kappa shape index (κ1) is 51.6. The monoisotopic (exact) mass is 1080 g/mol. The number of nitrogens with one attached hydrogen (secondary N) is 3. The number of ether oxygens (including phenoxy) is 1. The van der Waals surface area contributed by atoms with Crippen molar-refractivity contribution in [2.45, 2.75) is 64.6 Å². The zero-order valence-electron chi connectivity index (χ0n) is 35.8. The van der Waals surface area contributed by atoms with Gasteiger partial charge in [-0.05, 0) is 41.5 Å². The van der Waals surface area contributed by atoms with Gasteiger partial charge < -0.3 is 48.7 Å². The van der Waals surface area contributed by atoms with Crippen molar-refractivity contribution in [2.24, 2.45) is 0 Å². The van der Waals surface area contributed by atoms with Crippen molar-refractivity contribution in [3.63, 3.8) is 0 Å². The van der Waals surface area contributed by atoms with E-state index in [1.54, 1.807) is 27.7 Å². The van der Waals surface area contributed by atoms with E-state index in [1.807, 2.05) is 13.8 Å². The molecule has 0 fully saturated rings. The number of rotatable bonds is 4. The van der Waals surface area contributed by atoms with Gasteiger partial charge in [-0.25, -0.2) is 19.9 Å². The lowest BCUT2D eigenvalue weighted by Gasteiger charge is -2.31. The highest BCUT2D eigenvalue weighted by Crippen LogP contribution is 2.42. The third-order valence-electron chi connectivity index (χ3n) is 8.59. The summed E-state index contributed by atoms with van der Waals surface area (Å²) >= 11 is 17.4. The number of aliphatic hydroxyl groups excluding tert-OH is 1. The molecule has 8 aromatic heterocycles. The summed E-state index contributed by atoms with van der Waals surface area (Å²) in [6, 6.07) is 0. The molecule has 0 saturated heterocycles. The fraction of sp³-hybridized carbons (Fsp3) is 0.278. The van der Waals surface area contributed by atoms with Gasteiger partial charge in [0.25, 0.3) is 20.7 Å². The number of H-pyrrole nitrogens is 3. The molecule has 9 heterocycles. The third kappa shape index (κ3) is 11.6. The van der Waals surface area contributed by atoms with Gasteiger partial charge in [-0.3, -0.25) is 38.9 Å². The number of Topliss-reactive ketones (excluding diaryl/α,β-unsaturated/α-hetero) is 1. The van der Waals surface area contributed by atoms with Gasteiger partial charge in [0.1, 0.15) is 29.0 Å². The van der Waals surface area contributed by atoms with Crippen LogP contribution in [0.25, 0.3) is 43.5 Å². The summed E-state index contributed by atoms with van der Waals surface area (Å²) in [6.45, 7) is 10.2. The number of carbonyl (C=O) groups excluding carboxylic acids is 1. The summed E-state index contributed by atoms with van der Waals surface area (Å²) < 4.78 is 6.40. The molecule has 1 aliphatic heterocycles. The van der Waals surface area contributed by atoms with Crippen LogP contribution in [0.5, 0.6) is 0 Å². The molecule has 0 spiro atoms. The van der Waals surface area contributed by atoms with E-state index >= 15 is 0 Å². The first-order valence-electron chi connectivity index (χ1n) is 18.8. The molecule has 1 unspecified atom stereocenters. The van der Waals surface area contributed by atoms with E-state index in [2.05, 4.69) is 49.8 Å². The number of anilines is 5. The molecule has 358 valence electrons. The predicted molar refractivity (Wildman–Crippen MR) is 270 cm³/mol. The Hall–Kier alpha value is -5.78. The second-order valence-electron chi connectivity index (χ2n) is 15.3. The van der Waals surface area contributed by atoms with Crippen LogP contribution in [0.3, 0.4) is 0 Å². The lowest BCUT2D eigenvalue weighted by Crippen LogP contribution is -2.38. The van der Waals surface area contributed by atoms with E-state index in [9.17, 15) is 39.3 Å². The lowest BCUT2D eigenvalue weighted by molar-refractivity contribution is -0.155. The molecule has 16 N–H and O–H groups in total. The molecule has 0 saturated carbocycles. The zero-order chi connectivity index (χ0) is 50.4. The van der Waals surface area contributed by atoms with Crippen molar-refractivity contribution in [1.82, 2.24) is 49.8 Å². The Morgan fingerprint density at radius 2 is 1.13 bits per heavy atom. The average molecular weight is 1080 g/mol. The van der Waals surface area contributed by atoms with Crippen LogP contribution in [0.15, 0.2) is 31.6 Å². The summed E-state index contributed by atoms with van der Waals surface area (Å²) in [4.78, 5) is 96.3. The molecular weight excluding hydrogens is 1040 g/mol. The van der Waals surface area contributed by atoms with E-state index in [0.717, 1.165) is 27.6 Å². The fourth-order valence-electron chi connectivity index (χ4n) is 5.65. The Morgan fingerprint density at radius 3 is 1.75 bits per heavy atom. The molecule has 1 aliphatic rings. The summed E-state index contributed by atoms with van der Waals surface area (Å²) in [5.41, 5.74) is 23.3. The number of hydrogen-bond acceptors (Lipinski definition) is 29. The van der Waals surface area contributed by atoms with Gasteiger partial charge >= 0.3 is 0 Å². The maximum atomic E-state index is 11.9. The Kier molecular flexibility index (Phi) is 14.9. The van der Waals surface area contributed by atoms with Gasteiger partial charge in [0.15, 0.2) is 28.1 Å². The number of nitrogens with zero attached hydrogens (tertiary/aromatic N) is 7. The largest absolute Gasteiger partial charge is 0.391 e. The number of nitrogens with two attached hydrogens (primary N) is 5. The highest BCUT2D eigenvalue weighted by Gasteiger charge is 2.40. The smallest absolute Gasteiger partial charge is 0.288 e. The van der Waals surface area contributed by atoms with Crippen molar-refractivity contribution in [3.05, 3.63) is 78.1 Å². The highest BCUT2D eigenvalue weighted by molar-refractivity contribution is 7.77. The molecule has 8 aromatic rings. The fourth-order valence-corrected chi connectivity index (χ4v) is 13.4. The number of aromatic nitrogens is 10. The molecule has 0 amide bonds. The van der Waals surface area contributed by atoms with Gasteiger partial charge in [-0.2, -0.15) is 15.0 Å². The van der Waals surface area contributed by atoms with Gasteiger partial charge in [0.05, 0.1) is 52.9 Å². The molecule has 68 heavy (non-hydrogen) atoms. The van der Waals surface area contributed by atoms with E-state index in [1.165, 1.54) is 57.7 Å². The number of nitrogen functional groups attached to an aromatic ring is 5. The molecule has 9 rings (SSSR count). The van der Waals surface area contributed by atoms with E-state index < -0.39 is 39.8 Å². The molecule has 1 atom stereocenters. The Morgan fingerprint density at radius 1 is 0.632 bits per heavy atom. The van der Waals surface area contributed by atoms with Crippen molar-refractivity contribution in [2.75, 3.05) is 28.7 Å². The molecular formula is C36H37N15O9S8. The first-order valence-corrected chi connectivity index (χ1v) is 24.5. The standard InChI is InChI=1S/C12H11N5O3S2.C12H11N5O2S3.C8H8O3S3.C4H7N5O/c1-12(2,20)7-6(21-11(19)22-7)4-3-14-5-8(15-4)16-10(13)17-9(5)18;1-12(2,19)7-6(21-11(20)22-7)4-3-14-8-5(15-4)9(18)17-10(13)16-8;1-8(2)5-4(13-7(12)14-5)3(9)6(10)11-8;5-1-2(6)8-4(7)9-3(1)10/h3,20H,1-2H3,(H3,13,15,16,17,18);3,19H,1-2H3,(H3,13,14,16,17,18);6,10H,1-2H3;5H2,(H5,6,7,8,9,10). The number of aliphatic hydroxyl groups is 3. The first-order chi connectivity index (χ1) is 31.5. The minimum Gasteiger partial charge on any atom is -0.391 e. The average Bonchev–Trinajstić information content (AvgIpc) is 3.96. The van der Waals surface area contributed by atoms with Gasteiger partial charge in [-0.15, -0.1) is 45.3 Å². The quantitative estimate of drug-likeness (QED) is 0.112. The van der Waals surface area contributed by atoms with Crippen LogP contribution in [-0.2, 0) is 21.5 Å².